The van der Waals surface area contributed by atoms with E-state index in [0.29, 0.717) is 16.4 Å². The van der Waals surface area contributed by atoms with Crippen LogP contribution in [0.4, 0.5) is 11.4 Å². The minimum Gasteiger partial charge on any atom is -0.397 e. The quantitative estimate of drug-likeness (QED) is 0.840. The zero-order valence-electron chi connectivity index (χ0n) is 12.6. The zero-order valence-corrected chi connectivity index (χ0v) is 13.3. The second kappa shape index (κ2) is 7.66. The summed E-state index contributed by atoms with van der Waals surface area (Å²) in [6, 6.07) is 5.05. The van der Waals surface area contributed by atoms with Crippen molar-refractivity contribution in [2.75, 3.05) is 24.1 Å². The first-order chi connectivity index (χ1) is 10.1. The number of rotatable bonds is 3. The van der Waals surface area contributed by atoms with Gasteiger partial charge in [0.25, 0.3) is 0 Å². The van der Waals surface area contributed by atoms with Gasteiger partial charge in [-0.1, -0.05) is 30.9 Å². The highest BCUT2D eigenvalue weighted by Gasteiger charge is 2.21. The van der Waals surface area contributed by atoms with Crippen LogP contribution >= 0.6 is 11.6 Å². The van der Waals surface area contributed by atoms with Crippen molar-refractivity contribution in [2.45, 2.75) is 45.1 Å². The number of nitrogens with two attached hydrogens (primary N) is 1. The fourth-order valence-corrected chi connectivity index (χ4v) is 2.81. The minimum absolute atomic E-state index is 0.0114. The minimum atomic E-state index is -0.125. The molecule has 1 aromatic carbocycles. The Balaban J connectivity index is 1.95. The van der Waals surface area contributed by atoms with Crippen LogP contribution in [0.5, 0.6) is 0 Å². The number of carbonyl (C=O) groups excluding carboxylic acids is 1. The van der Waals surface area contributed by atoms with E-state index in [9.17, 15) is 4.79 Å². The van der Waals surface area contributed by atoms with E-state index in [1.165, 1.54) is 32.1 Å². The van der Waals surface area contributed by atoms with Crippen molar-refractivity contribution in [3.05, 3.63) is 23.2 Å². The Morgan fingerprint density at radius 3 is 2.48 bits per heavy atom. The van der Waals surface area contributed by atoms with Crippen LogP contribution in [0, 0.1) is 0 Å². The number of nitrogen functional groups attached to an aromatic ring is 1. The lowest BCUT2D eigenvalue weighted by Gasteiger charge is -2.29. The molecule has 0 aromatic heterocycles. The molecule has 3 N–H and O–H groups in total. The van der Waals surface area contributed by atoms with Crippen LogP contribution in [0.15, 0.2) is 18.2 Å². The highest BCUT2D eigenvalue weighted by Crippen LogP contribution is 2.22. The first kappa shape index (κ1) is 16.1. The van der Waals surface area contributed by atoms with Gasteiger partial charge in [-0.3, -0.25) is 9.69 Å². The summed E-state index contributed by atoms with van der Waals surface area (Å²) in [6.45, 7) is 3.96. The van der Waals surface area contributed by atoms with E-state index in [0.717, 1.165) is 13.1 Å². The largest absolute Gasteiger partial charge is 0.397 e. The lowest BCUT2D eigenvalue weighted by Crippen LogP contribution is -2.43. The second-order valence-corrected chi connectivity index (χ2v) is 6.11. The third-order valence-corrected chi connectivity index (χ3v) is 4.43. The van der Waals surface area contributed by atoms with Gasteiger partial charge in [-0.05, 0) is 51.1 Å². The third kappa shape index (κ3) is 4.61. The summed E-state index contributed by atoms with van der Waals surface area (Å²) in [5, 5.41) is 3.43. The molecule has 116 valence electrons. The molecule has 1 unspecified atom stereocenters. The van der Waals surface area contributed by atoms with Gasteiger partial charge in [0.1, 0.15) is 0 Å². The Bertz CT molecular complexity index is 484. The summed E-state index contributed by atoms with van der Waals surface area (Å²) in [5.41, 5.74) is 6.93. The van der Waals surface area contributed by atoms with Gasteiger partial charge in [0.2, 0.25) is 5.91 Å². The lowest BCUT2D eigenvalue weighted by atomic mass is 10.1. The topological polar surface area (TPSA) is 58.4 Å². The Hall–Kier alpha value is -1.26. The average Bonchev–Trinajstić information content (AvgIpc) is 2.42. The summed E-state index contributed by atoms with van der Waals surface area (Å²) in [4.78, 5) is 14.7. The number of benzene rings is 1. The number of halogens is 1. The summed E-state index contributed by atoms with van der Waals surface area (Å²) in [7, 11) is 0. The van der Waals surface area contributed by atoms with Crippen molar-refractivity contribution in [3.63, 3.8) is 0 Å². The maximum absolute atomic E-state index is 12.4. The molecule has 4 nitrogen and oxygen atoms in total. The number of nitrogens with zero attached hydrogens (tertiary/aromatic N) is 1. The molecule has 1 aromatic rings. The van der Waals surface area contributed by atoms with E-state index in [1.807, 2.05) is 6.92 Å². The maximum Gasteiger partial charge on any atom is 0.241 e. The zero-order chi connectivity index (χ0) is 15.2. The molecule has 1 atom stereocenters. The molecule has 1 amide bonds. The van der Waals surface area contributed by atoms with Crippen LogP contribution in [0.2, 0.25) is 5.02 Å². The summed E-state index contributed by atoms with van der Waals surface area (Å²) < 4.78 is 0. The molecule has 21 heavy (non-hydrogen) atoms. The molecule has 1 saturated heterocycles. The number of hydrogen-bond donors (Lipinski definition) is 2. The number of anilines is 2. The third-order valence-electron chi connectivity index (χ3n) is 4.08. The van der Waals surface area contributed by atoms with Crippen molar-refractivity contribution < 1.29 is 4.79 Å². The van der Waals surface area contributed by atoms with Gasteiger partial charge >= 0.3 is 0 Å². The second-order valence-electron chi connectivity index (χ2n) is 5.71. The van der Waals surface area contributed by atoms with Crippen LogP contribution in [0.25, 0.3) is 0 Å². The molecule has 1 fully saturated rings. The van der Waals surface area contributed by atoms with Crippen LogP contribution in [0.1, 0.15) is 39.0 Å². The molecule has 2 rings (SSSR count). The van der Waals surface area contributed by atoms with E-state index in [1.54, 1.807) is 18.2 Å². The normalized spacial score (nSPS) is 18.6. The van der Waals surface area contributed by atoms with Gasteiger partial charge in [-0.25, -0.2) is 0 Å². The lowest BCUT2D eigenvalue weighted by molar-refractivity contribution is -0.120. The van der Waals surface area contributed by atoms with E-state index >= 15 is 0 Å². The standard InChI is InChI=1S/C16H24ClN3O/c1-12(20-9-5-3-2-4-6-10-20)16(21)19-13-7-8-14(17)15(18)11-13/h7-8,11-12H,2-6,9-10,18H2,1H3,(H,19,21). The van der Waals surface area contributed by atoms with E-state index in [4.69, 9.17) is 17.3 Å². The van der Waals surface area contributed by atoms with Crippen molar-refractivity contribution >= 4 is 28.9 Å². The molecule has 0 spiro atoms. The van der Waals surface area contributed by atoms with Crippen LogP contribution in [-0.4, -0.2) is 29.9 Å². The number of amides is 1. The van der Waals surface area contributed by atoms with Crippen molar-refractivity contribution in [1.82, 2.24) is 4.90 Å². The van der Waals surface area contributed by atoms with Gasteiger partial charge in [-0.2, -0.15) is 0 Å². The SMILES string of the molecule is CC(C(=O)Nc1ccc(Cl)c(N)c1)N1CCCCCCC1. The highest BCUT2D eigenvalue weighted by molar-refractivity contribution is 6.33. The molecular weight excluding hydrogens is 286 g/mol. The molecule has 0 saturated carbocycles. The van der Waals surface area contributed by atoms with Crippen molar-refractivity contribution in [2.24, 2.45) is 0 Å². The molecule has 0 aliphatic carbocycles. The van der Waals surface area contributed by atoms with Gasteiger partial charge in [-0.15, -0.1) is 0 Å². The van der Waals surface area contributed by atoms with E-state index in [2.05, 4.69) is 10.2 Å². The molecule has 1 aliphatic heterocycles. The smallest absolute Gasteiger partial charge is 0.241 e. The summed E-state index contributed by atoms with van der Waals surface area (Å²) >= 11 is 5.89. The Kier molecular flexibility index (Phi) is 5.88. The van der Waals surface area contributed by atoms with Gasteiger partial charge in [0.15, 0.2) is 0 Å². The molecule has 1 heterocycles. The van der Waals surface area contributed by atoms with Crippen molar-refractivity contribution in [3.8, 4) is 0 Å². The predicted octanol–water partition coefficient (Wildman–Crippen LogP) is 3.52. The molecule has 0 radical (unpaired) electrons. The van der Waals surface area contributed by atoms with Crippen LogP contribution in [0.3, 0.4) is 0 Å². The maximum atomic E-state index is 12.4. The molecular formula is C16H24ClN3O. The van der Waals surface area contributed by atoms with E-state index in [-0.39, 0.29) is 11.9 Å². The first-order valence-corrected chi connectivity index (χ1v) is 8.05. The Morgan fingerprint density at radius 1 is 1.24 bits per heavy atom. The predicted molar refractivity (Wildman–Crippen MR) is 88.6 cm³/mol. The first-order valence-electron chi connectivity index (χ1n) is 7.68. The fourth-order valence-electron chi connectivity index (χ4n) is 2.69. The molecule has 0 bridgehead atoms. The summed E-state index contributed by atoms with van der Waals surface area (Å²) in [6.07, 6.45) is 6.19. The Morgan fingerprint density at radius 2 is 1.86 bits per heavy atom. The van der Waals surface area contributed by atoms with Crippen molar-refractivity contribution in [1.29, 1.82) is 0 Å². The number of likely N-dealkylation sites (tertiary alicyclic amines) is 1. The van der Waals surface area contributed by atoms with E-state index < -0.39 is 0 Å². The molecule has 1 aliphatic rings. The summed E-state index contributed by atoms with van der Waals surface area (Å²) in [5.74, 6) is 0.0114. The number of carbonyl (C=O) groups is 1. The molecule has 5 heteroatoms. The van der Waals surface area contributed by atoms with Gasteiger partial charge in [0, 0.05) is 5.69 Å². The van der Waals surface area contributed by atoms with Gasteiger partial charge in [0.05, 0.1) is 16.8 Å². The van der Waals surface area contributed by atoms with Crippen LogP contribution < -0.4 is 11.1 Å². The Labute approximate surface area is 131 Å². The van der Waals surface area contributed by atoms with Crippen LogP contribution in [-0.2, 0) is 4.79 Å². The van der Waals surface area contributed by atoms with Gasteiger partial charge < -0.3 is 11.1 Å². The number of nitrogens with one attached hydrogen (secondary N) is 1. The number of hydrogen-bond acceptors (Lipinski definition) is 3. The monoisotopic (exact) mass is 309 g/mol. The average molecular weight is 310 g/mol. The highest BCUT2D eigenvalue weighted by atomic mass is 35.5. The fraction of sp³-hybridized carbons (Fsp3) is 0.562.